The van der Waals surface area contributed by atoms with Crippen LogP contribution in [0.3, 0.4) is 0 Å². The van der Waals surface area contributed by atoms with Gasteiger partial charge >= 0.3 is 6.03 Å². The lowest BCUT2D eigenvalue weighted by Gasteiger charge is -2.36. The minimum Gasteiger partial charge on any atom is -0.354 e. The number of carbonyl (C=O) groups excluding carboxylic acids is 2. The van der Waals surface area contributed by atoms with Crippen LogP contribution in [0.25, 0.3) is 5.52 Å². The van der Waals surface area contributed by atoms with Crippen molar-refractivity contribution in [2.24, 2.45) is 0 Å². The molecule has 168 valence electrons. The number of hydrogen-bond acceptors (Lipinski definition) is 4. The molecule has 2 aromatic heterocycles. The largest absolute Gasteiger partial charge is 0.354 e. The molecule has 0 spiro atoms. The first kappa shape index (κ1) is 21.5. The Bertz CT molecular complexity index is 931. The predicted molar refractivity (Wildman–Crippen MR) is 123 cm³/mol. The van der Waals surface area contributed by atoms with Crippen molar-refractivity contribution in [1.82, 2.24) is 24.4 Å². The summed E-state index contributed by atoms with van der Waals surface area (Å²) in [5, 5.41) is 2.97. The first-order chi connectivity index (χ1) is 14.9. The summed E-state index contributed by atoms with van der Waals surface area (Å²) in [5.41, 5.74) is 1.80. The van der Waals surface area contributed by atoms with E-state index in [1.54, 1.807) is 0 Å². The number of pyridine rings is 1. The zero-order chi connectivity index (χ0) is 22.0. The quantitative estimate of drug-likeness (QED) is 0.815. The van der Waals surface area contributed by atoms with Crippen LogP contribution in [0.2, 0.25) is 0 Å². The fourth-order valence-electron chi connectivity index (χ4n) is 4.38. The first-order valence-electron chi connectivity index (χ1n) is 11.3. The van der Waals surface area contributed by atoms with E-state index in [-0.39, 0.29) is 18.0 Å². The van der Waals surface area contributed by atoms with Crippen LogP contribution in [-0.2, 0) is 0 Å². The van der Waals surface area contributed by atoms with Gasteiger partial charge in [-0.25, -0.2) is 4.79 Å². The van der Waals surface area contributed by atoms with E-state index >= 15 is 0 Å². The highest BCUT2D eigenvalue weighted by Gasteiger charge is 2.24. The van der Waals surface area contributed by atoms with Gasteiger partial charge in [-0.05, 0) is 58.1 Å². The van der Waals surface area contributed by atoms with Gasteiger partial charge in [0.1, 0.15) is 5.82 Å². The van der Waals surface area contributed by atoms with E-state index in [4.69, 9.17) is 0 Å². The lowest BCUT2D eigenvalue weighted by atomic mass is 10.2. The average Bonchev–Trinajstić information content (AvgIpc) is 3.06. The SMILES string of the molecule is CC(C)NC(=O)N1CCN(c2ccc3ccc(C(=O)N4CCCN(C)CC4)cn23)CC1. The maximum absolute atomic E-state index is 13.1. The average molecular weight is 427 g/mol. The summed E-state index contributed by atoms with van der Waals surface area (Å²) in [6, 6.07) is 8.29. The van der Waals surface area contributed by atoms with Crippen molar-refractivity contribution in [3.05, 3.63) is 36.0 Å². The topological polar surface area (TPSA) is 63.5 Å². The fourth-order valence-corrected chi connectivity index (χ4v) is 4.38. The maximum atomic E-state index is 13.1. The summed E-state index contributed by atoms with van der Waals surface area (Å²) < 4.78 is 2.11. The Morgan fingerprint density at radius 3 is 2.32 bits per heavy atom. The Kier molecular flexibility index (Phi) is 6.36. The molecule has 0 unspecified atom stereocenters. The summed E-state index contributed by atoms with van der Waals surface area (Å²) in [6.45, 7) is 10.4. The van der Waals surface area contributed by atoms with Crippen molar-refractivity contribution in [3.8, 4) is 0 Å². The molecule has 0 atom stereocenters. The Balaban J connectivity index is 1.48. The molecule has 2 aliphatic heterocycles. The van der Waals surface area contributed by atoms with Crippen LogP contribution in [0.15, 0.2) is 30.5 Å². The van der Waals surface area contributed by atoms with Gasteiger partial charge in [-0.2, -0.15) is 0 Å². The second-order valence-corrected chi connectivity index (χ2v) is 8.93. The van der Waals surface area contributed by atoms with Gasteiger partial charge in [0.05, 0.1) is 5.56 Å². The highest BCUT2D eigenvalue weighted by atomic mass is 16.2. The number of hydrogen-bond donors (Lipinski definition) is 1. The summed E-state index contributed by atoms with van der Waals surface area (Å²) in [7, 11) is 2.11. The molecule has 0 aromatic carbocycles. The van der Waals surface area contributed by atoms with Crippen molar-refractivity contribution in [1.29, 1.82) is 0 Å². The van der Waals surface area contributed by atoms with Gasteiger partial charge in [-0.15, -0.1) is 0 Å². The standard InChI is InChI=1S/C23H34N6O2/c1-18(2)24-23(31)28-15-13-26(14-16-28)21-8-7-20-6-5-19(17-29(20)21)22(30)27-10-4-9-25(3)11-12-27/h5-8,17-18H,4,9-16H2,1-3H3,(H,24,31). The third-order valence-electron chi connectivity index (χ3n) is 6.19. The van der Waals surface area contributed by atoms with E-state index in [0.29, 0.717) is 13.1 Å². The lowest BCUT2D eigenvalue weighted by Crippen LogP contribution is -2.53. The van der Waals surface area contributed by atoms with Crippen molar-refractivity contribution in [2.75, 3.05) is 64.3 Å². The molecule has 1 N–H and O–H groups in total. The summed E-state index contributed by atoms with van der Waals surface area (Å²) in [6.07, 6.45) is 2.98. The number of nitrogens with zero attached hydrogens (tertiary/aromatic N) is 5. The highest BCUT2D eigenvalue weighted by Crippen LogP contribution is 2.22. The molecule has 2 fully saturated rings. The molecule has 8 heteroatoms. The molecule has 0 saturated carbocycles. The zero-order valence-corrected chi connectivity index (χ0v) is 18.9. The van der Waals surface area contributed by atoms with Crippen LogP contribution in [-0.4, -0.2) is 96.5 Å². The molecule has 31 heavy (non-hydrogen) atoms. The zero-order valence-electron chi connectivity index (χ0n) is 18.9. The molecular formula is C23H34N6O2. The number of carbonyl (C=O) groups is 2. The summed E-state index contributed by atoms with van der Waals surface area (Å²) in [5.74, 6) is 1.18. The molecule has 2 saturated heterocycles. The number of anilines is 1. The van der Waals surface area contributed by atoms with Crippen molar-refractivity contribution in [2.45, 2.75) is 26.3 Å². The molecule has 2 aromatic rings. The number of nitrogens with one attached hydrogen (secondary N) is 1. The summed E-state index contributed by atoms with van der Waals surface area (Å²) >= 11 is 0. The third-order valence-corrected chi connectivity index (χ3v) is 6.19. The molecule has 4 rings (SSSR count). The van der Waals surface area contributed by atoms with E-state index in [2.05, 4.69) is 38.7 Å². The van der Waals surface area contributed by atoms with Gasteiger partial charge in [0, 0.05) is 63.6 Å². The van der Waals surface area contributed by atoms with Gasteiger partial charge in [-0.3, -0.25) is 4.79 Å². The number of likely N-dealkylation sites (N-methyl/N-ethyl adjacent to an activating group) is 1. The van der Waals surface area contributed by atoms with E-state index in [1.807, 2.05) is 42.0 Å². The summed E-state index contributed by atoms with van der Waals surface area (Å²) in [4.78, 5) is 33.8. The Hall–Kier alpha value is -2.74. The minimum absolute atomic E-state index is 0.00523. The second-order valence-electron chi connectivity index (χ2n) is 8.93. The number of amides is 3. The molecule has 0 bridgehead atoms. The van der Waals surface area contributed by atoms with Crippen molar-refractivity contribution >= 4 is 23.3 Å². The predicted octanol–water partition coefficient (Wildman–Crippen LogP) is 1.96. The van der Waals surface area contributed by atoms with Crippen LogP contribution >= 0.6 is 0 Å². The Labute approximate surface area is 184 Å². The third kappa shape index (κ3) is 4.79. The lowest BCUT2D eigenvalue weighted by molar-refractivity contribution is 0.0762. The van der Waals surface area contributed by atoms with Crippen LogP contribution in [0.5, 0.6) is 0 Å². The van der Waals surface area contributed by atoms with E-state index in [1.165, 1.54) is 0 Å². The van der Waals surface area contributed by atoms with Crippen molar-refractivity contribution < 1.29 is 9.59 Å². The molecule has 0 radical (unpaired) electrons. The van der Waals surface area contributed by atoms with Crippen molar-refractivity contribution in [3.63, 3.8) is 0 Å². The molecule has 8 nitrogen and oxygen atoms in total. The molecule has 3 amide bonds. The first-order valence-corrected chi connectivity index (χ1v) is 11.3. The highest BCUT2D eigenvalue weighted by molar-refractivity contribution is 5.94. The van der Waals surface area contributed by atoms with Gasteiger partial charge in [-0.1, -0.05) is 0 Å². The molecule has 0 aliphatic carbocycles. The van der Waals surface area contributed by atoms with Crippen LogP contribution in [0.1, 0.15) is 30.6 Å². The van der Waals surface area contributed by atoms with E-state index in [0.717, 1.165) is 62.6 Å². The normalized spacial score (nSPS) is 18.5. The van der Waals surface area contributed by atoms with Crippen LogP contribution in [0.4, 0.5) is 10.6 Å². The second kappa shape index (κ2) is 9.18. The smallest absolute Gasteiger partial charge is 0.317 e. The van der Waals surface area contributed by atoms with Gasteiger partial charge in [0.25, 0.3) is 5.91 Å². The minimum atomic E-state index is 0.00523. The van der Waals surface area contributed by atoms with Gasteiger partial charge in [0.2, 0.25) is 0 Å². The van der Waals surface area contributed by atoms with Crippen LogP contribution < -0.4 is 10.2 Å². The monoisotopic (exact) mass is 426 g/mol. The van der Waals surface area contributed by atoms with Crippen LogP contribution in [0, 0.1) is 0 Å². The van der Waals surface area contributed by atoms with E-state index in [9.17, 15) is 9.59 Å². The number of urea groups is 1. The Morgan fingerprint density at radius 1 is 0.871 bits per heavy atom. The number of fused-ring (bicyclic) bond motifs is 1. The Morgan fingerprint density at radius 2 is 1.58 bits per heavy atom. The molecule has 4 heterocycles. The number of rotatable bonds is 3. The molecule has 2 aliphatic rings. The van der Waals surface area contributed by atoms with Gasteiger partial charge < -0.3 is 29.3 Å². The van der Waals surface area contributed by atoms with Gasteiger partial charge in [0.15, 0.2) is 0 Å². The van der Waals surface area contributed by atoms with E-state index < -0.39 is 0 Å². The number of aromatic nitrogens is 1. The fraction of sp³-hybridized carbons (Fsp3) is 0.565. The number of piperazine rings is 1. The molecular weight excluding hydrogens is 392 g/mol. The maximum Gasteiger partial charge on any atom is 0.317 e.